The van der Waals surface area contributed by atoms with Crippen molar-refractivity contribution in [2.45, 2.75) is 94.7 Å². The van der Waals surface area contributed by atoms with Gasteiger partial charge in [-0.3, -0.25) is 38.8 Å². The third-order valence-corrected chi connectivity index (χ3v) is 17.0. The Hall–Kier alpha value is -8.00. The van der Waals surface area contributed by atoms with E-state index < -0.39 is 84.2 Å². The predicted molar refractivity (Wildman–Crippen MR) is 352 cm³/mol. The van der Waals surface area contributed by atoms with Crippen LogP contribution in [0, 0.1) is 0 Å². The zero-order valence-electron chi connectivity index (χ0n) is 51.5. The summed E-state index contributed by atoms with van der Waals surface area (Å²) < 4.78 is 69.8. The number of alkyl halides is 4. The molecule has 2 fully saturated rings. The SMILES string of the molecule is O=C(CC[C@H](NC(=O)c1c(Cl)cc(N2CCOCC2)cc1Cl)C(=O)O)CNC(=O)c1cccc(CC2=NCC(F)(F)CC2)c1.O=C(CC[C@H](NC(=O)c1c(Cl)cc(N2CCOCC2)cc1Cl)C(=O)OCc1ccccc1)CNC(=O)c1cccc(CC2=NCC(F)(F)CC2)c1. The molecule has 4 aliphatic rings. The molecule has 0 aromatic heterocycles. The number of Topliss-reactive ketones (excluding diaryl/α,β-unsaturated/α-hetero) is 2. The Morgan fingerprint density at radius 2 is 0.937 bits per heavy atom. The minimum atomic E-state index is -2.79. The number of amides is 4. The van der Waals surface area contributed by atoms with Gasteiger partial charge in [0, 0.05) is 98.6 Å². The number of carboxylic acids is 1. The Kier molecular flexibility index (Phi) is 26.5. The van der Waals surface area contributed by atoms with Gasteiger partial charge in [-0.25, -0.2) is 27.2 Å². The summed E-state index contributed by atoms with van der Waals surface area (Å²) in [5.41, 5.74) is 5.39. The molecule has 0 saturated carbocycles. The van der Waals surface area contributed by atoms with Gasteiger partial charge in [0.25, 0.3) is 35.5 Å². The van der Waals surface area contributed by atoms with Crippen LogP contribution in [0.1, 0.15) is 109 Å². The van der Waals surface area contributed by atoms with Crippen LogP contribution in [-0.4, -0.2) is 166 Å². The number of aliphatic imine (C=N–C) groups is 2. The molecule has 5 aromatic carbocycles. The topological polar surface area (TPSA) is 264 Å². The zero-order chi connectivity index (χ0) is 68.2. The van der Waals surface area contributed by atoms with Gasteiger partial charge in [0.05, 0.1) is 70.7 Å². The van der Waals surface area contributed by atoms with Crippen molar-refractivity contribution in [1.29, 1.82) is 0 Å². The molecule has 5 aromatic rings. The highest BCUT2D eigenvalue weighted by atomic mass is 35.5. The van der Waals surface area contributed by atoms with Gasteiger partial charge in [-0.2, -0.15) is 0 Å². The summed E-state index contributed by atoms with van der Waals surface area (Å²) in [6, 6.07) is 26.0. The first kappa shape index (κ1) is 72.8. The number of esters is 1. The number of halogens is 8. The number of anilines is 2. The first-order valence-corrected chi connectivity index (χ1v) is 32.2. The van der Waals surface area contributed by atoms with Crippen molar-refractivity contribution in [1.82, 2.24) is 21.3 Å². The van der Waals surface area contributed by atoms with Crippen LogP contribution in [0.3, 0.4) is 0 Å². The summed E-state index contributed by atoms with van der Waals surface area (Å²) in [5, 5.41) is 20.0. The average Bonchev–Trinajstić information content (AvgIpc) is 0.840. The van der Waals surface area contributed by atoms with E-state index in [1.165, 1.54) is 0 Å². The molecule has 95 heavy (non-hydrogen) atoms. The van der Waals surface area contributed by atoms with Crippen molar-refractivity contribution in [2.24, 2.45) is 9.98 Å². The number of carbonyl (C=O) groups is 8. The summed E-state index contributed by atoms with van der Waals surface area (Å²) in [7, 11) is 0. The first-order valence-electron chi connectivity index (χ1n) is 30.7. The van der Waals surface area contributed by atoms with Crippen LogP contribution in [0.4, 0.5) is 28.9 Å². The molecule has 506 valence electrons. The van der Waals surface area contributed by atoms with E-state index in [-0.39, 0.29) is 108 Å². The Labute approximate surface area is 565 Å². The Balaban J connectivity index is 0.000000246. The lowest BCUT2D eigenvalue weighted by Gasteiger charge is -2.29. The predicted octanol–water partition coefficient (Wildman–Crippen LogP) is 10.1. The number of rotatable bonds is 26. The number of morpholine rings is 2. The van der Waals surface area contributed by atoms with Crippen molar-refractivity contribution in [3.05, 3.63) is 162 Å². The maximum atomic E-state index is 13.5. The number of nitrogens with one attached hydrogen (secondary N) is 4. The van der Waals surface area contributed by atoms with Crippen molar-refractivity contribution < 1.29 is 75.2 Å². The van der Waals surface area contributed by atoms with E-state index >= 15 is 0 Å². The van der Waals surface area contributed by atoms with Crippen molar-refractivity contribution >= 4 is 116 Å². The van der Waals surface area contributed by atoms with Gasteiger partial charge in [0.15, 0.2) is 11.6 Å². The van der Waals surface area contributed by atoms with Gasteiger partial charge in [0.1, 0.15) is 31.8 Å². The van der Waals surface area contributed by atoms with Crippen LogP contribution in [0.25, 0.3) is 0 Å². The molecule has 4 amide bonds. The number of nitrogens with zero attached hydrogens (tertiary/aromatic N) is 4. The fourth-order valence-corrected chi connectivity index (χ4v) is 11.8. The number of hydrogen-bond acceptors (Lipinski definition) is 15. The van der Waals surface area contributed by atoms with Gasteiger partial charge in [-0.1, -0.05) is 101 Å². The van der Waals surface area contributed by atoms with Crippen LogP contribution < -0.4 is 31.1 Å². The number of carbonyl (C=O) groups excluding carboxylic acids is 7. The lowest BCUT2D eigenvalue weighted by molar-refractivity contribution is -0.147. The number of aliphatic carboxylic acids is 1. The number of hydrogen-bond donors (Lipinski definition) is 5. The third kappa shape index (κ3) is 22.3. The highest BCUT2D eigenvalue weighted by Crippen LogP contribution is 2.34. The second-order valence-corrected chi connectivity index (χ2v) is 24.6. The maximum Gasteiger partial charge on any atom is 0.328 e. The van der Waals surface area contributed by atoms with E-state index in [9.17, 15) is 61.0 Å². The molecular formula is C67H70Cl4F4N8O12. The van der Waals surface area contributed by atoms with Gasteiger partial charge in [-0.15, -0.1) is 0 Å². The van der Waals surface area contributed by atoms with Crippen molar-refractivity contribution in [2.75, 3.05) is 88.6 Å². The van der Waals surface area contributed by atoms with Crippen LogP contribution in [0.2, 0.25) is 20.1 Å². The van der Waals surface area contributed by atoms with Crippen LogP contribution in [0.15, 0.2) is 113 Å². The lowest BCUT2D eigenvalue weighted by Crippen LogP contribution is -2.42. The molecule has 28 heteroatoms. The summed E-state index contributed by atoms with van der Waals surface area (Å²) in [6.07, 6.45) is -0.230. The quantitative estimate of drug-likeness (QED) is 0.0255. The number of ether oxygens (including phenoxy) is 3. The summed E-state index contributed by atoms with van der Waals surface area (Å²) in [5.74, 6) is -11.1. The van der Waals surface area contributed by atoms with Gasteiger partial charge >= 0.3 is 11.9 Å². The third-order valence-electron chi connectivity index (χ3n) is 15.8. The van der Waals surface area contributed by atoms with Crippen LogP contribution >= 0.6 is 46.4 Å². The highest BCUT2D eigenvalue weighted by Gasteiger charge is 2.34. The highest BCUT2D eigenvalue weighted by molar-refractivity contribution is 6.41. The molecule has 0 aliphatic carbocycles. The van der Waals surface area contributed by atoms with E-state index in [1.54, 1.807) is 97.1 Å². The molecule has 5 N–H and O–H groups in total. The second-order valence-electron chi connectivity index (χ2n) is 23.0. The molecule has 4 heterocycles. The largest absolute Gasteiger partial charge is 0.480 e. The molecule has 0 radical (unpaired) electrons. The molecule has 0 unspecified atom stereocenters. The number of carboxylic acid groups (broad SMARTS) is 1. The molecule has 9 rings (SSSR count). The minimum Gasteiger partial charge on any atom is -0.480 e. The number of ketones is 2. The maximum absolute atomic E-state index is 13.5. The summed E-state index contributed by atoms with van der Waals surface area (Å²) >= 11 is 25.8. The van der Waals surface area contributed by atoms with Crippen LogP contribution in [-0.2, 0) is 52.8 Å². The van der Waals surface area contributed by atoms with Gasteiger partial charge in [0.2, 0.25) is 0 Å². The van der Waals surface area contributed by atoms with Crippen molar-refractivity contribution in [3.8, 4) is 0 Å². The lowest BCUT2D eigenvalue weighted by atomic mass is 9.98. The number of benzene rings is 5. The normalized spacial score (nSPS) is 16.5. The van der Waals surface area contributed by atoms with E-state index in [1.807, 2.05) is 15.9 Å². The first-order chi connectivity index (χ1) is 45.4. The molecule has 4 aliphatic heterocycles. The Bertz CT molecular complexity index is 3640. The van der Waals surface area contributed by atoms with Crippen LogP contribution in [0.5, 0.6) is 0 Å². The fraction of sp³-hybridized carbons (Fsp3) is 0.403. The van der Waals surface area contributed by atoms with E-state index in [2.05, 4.69) is 31.3 Å². The average molecular weight is 1400 g/mol. The monoisotopic (exact) mass is 1390 g/mol. The van der Waals surface area contributed by atoms with Gasteiger partial charge < -0.3 is 50.4 Å². The summed E-state index contributed by atoms with van der Waals surface area (Å²) in [6.45, 7) is 2.88. The standard InChI is InChI=1S/C37H38Cl2F2N4O6.C30H32Cl2F2N4O6/c38-30-19-28(45-13-15-50-16-14-45)20-31(39)33(30)35(48)44-32(36(49)51-22-24-5-2-1-3-6-24)10-9-29(46)21-42-34(47)26-8-4-7-25(17-26)18-27-11-12-37(40,41)23-43-27;31-23-14-21(38-8-10-44-11-9-38)15-24(32)26(23)28(41)37-25(29(42)43)5-4-22(39)16-35-27(40)19-3-1-2-18(12-19)13-20-6-7-30(33,34)17-36-20/h1-8,17,19-20,32H,9-16,18,21-23H2,(H,42,47)(H,44,48);1-3,12,14-15,25H,4-11,13,16-17H2,(H,35,40)(H,37,41)(H,42,43)/t32-;25-/m00/s1. The van der Waals surface area contributed by atoms with E-state index in [0.29, 0.717) is 88.1 Å². The summed E-state index contributed by atoms with van der Waals surface area (Å²) in [4.78, 5) is 114. The Morgan fingerprint density at radius 3 is 1.34 bits per heavy atom. The van der Waals surface area contributed by atoms with E-state index in [0.717, 1.165) is 22.4 Å². The molecule has 2 atom stereocenters. The molecule has 0 bridgehead atoms. The molecule has 2 saturated heterocycles. The smallest absolute Gasteiger partial charge is 0.328 e. The second kappa shape index (κ2) is 34.6. The fourth-order valence-electron chi connectivity index (χ4n) is 10.5. The van der Waals surface area contributed by atoms with Crippen molar-refractivity contribution in [3.63, 3.8) is 0 Å². The van der Waals surface area contributed by atoms with Gasteiger partial charge in [-0.05, 0) is 90.9 Å². The minimum absolute atomic E-state index is 0.0227. The molecular weight excluding hydrogens is 1330 g/mol. The van der Waals surface area contributed by atoms with E-state index in [4.69, 9.17) is 60.6 Å². The molecule has 0 spiro atoms. The Morgan fingerprint density at radius 1 is 0.537 bits per heavy atom. The zero-order valence-corrected chi connectivity index (χ0v) is 54.5. The molecule has 20 nitrogen and oxygen atoms in total.